The van der Waals surface area contributed by atoms with E-state index in [1.807, 2.05) is 13.8 Å². The number of aryl methyl sites for hydroxylation is 2. The molecular formula is C14H20O3. The summed E-state index contributed by atoms with van der Waals surface area (Å²) < 4.78 is 5.45. The van der Waals surface area contributed by atoms with Crippen molar-refractivity contribution in [2.24, 2.45) is 0 Å². The number of carbonyl (C=O) groups is 1. The maximum Gasteiger partial charge on any atom is 0.303 e. The van der Waals surface area contributed by atoms with E-state index in [1.54, 1.807) is 7.11 Å². The van der Waals surface area contributed by atoms with Gasteiger partial charge >= 0.3 is 5.97 Å². The summed E-state index contributed by atoms with van der Waals surface area (Å²) in [6.45, 7) is 6.14. The van der Waals surface area contributed by atoms with E-state index in [4.69, 9.17) is 9.84 Å². The number of rotatable bonds is 5. The van der Waals surface area contributed by atoms with Gasteiger partial charge in [0.1, 0.15) is 5.75 Å². The Bertz CT molecular complexity index is 422. The monoisotopic (exact) mass is 236 g/mol. The molecule has 0 aliphatic carbocycles. The van der Waals surface area contributed by atoms with Gasteiger partial charge in [0, 0.05) is 6.42 Å². The van der Waals surface area contributed by atoms with E-state index in [2.05, 4.69) is 13.0 Å². The first kappa shape index (κ1) is 13.6. The number of aliphatic carboxylic acids is 1. The molecule has 0 unspecified atom stereocenters. The standard InChI is InChI=1S/C14H20O3/c1-9-8-10(2)12(6-5-7-13(15)16)14(17-4)11(9)3/h8H,5-7H2,1-4H3,(H,15,16). The average molecular weight is 236 g/mol. The fourth-order valence-electron chi connectivity index (χ4n) is 2.11. The Balaban J connectivity index is 2.97. The summed E-state index contributed by atoms with van der Waals surface area (Å²) in [5.74, 6) is 0.165. The molecule has 0 saturated heterocycles. The van der Waals surface area contributed by atoms with Crippen LogP contribution in [0.3, 0.4) is 0 Å². The number of carboxylic acid groups (broad SMARTS) is 1. The Labute approximate surface area is 102 Å². The second kappa shape index (κ2) is 5.71. The van der Waals surface area contributed by atoms with Gasteiger partial charge in [0.2, 0.25) is 0 Å². The first-order valence-corrected chi connectivity index (χ1v) is 5.82. The topological polar surface area (TPSA) is 46.5 Å². The molecule has 3 nitrogen and oxygen atoms in total. The molecule has 17 heavy (non-hydrogen) atoms. The van der Waals surface area contributed by atoms with Gasteiger partial charge in [0.25, 0.3) is 0 Å². The highest BCUT2D eigenvalue weighted by molar-refractivity contribution is 5.66. The van der Waals surface area contributed by atoms with Crippen molar-refractivity contribution in [3.8, 4) is 5.75 Å². The second-order valence-electron chi connectivity index (χ2n) is 4.39. The Hall–Kier alpha value is -1.51. The molecule has 0 aromatic heterocycles. The summed E-state index contributed by atoms with van der Waals surface area (Å²) >= 11 is 0. The summed E-state index contributed by atoms with van der Waals surface area (Å²) in [5, 5.41) is 8.65. The molecule has 0 amide bonds. The molecule has 0 spiro atoms. The molecule has 0 radical (unpaired) electrons. The van der Waals surface area contributed by atoms with Crippen molar-refractivity contribution in [3.63, 3.8) is 0 Å². The fourth-order valence-corrected chi connectivity index (χ4v) is 2.11. The average Bonchev–Trinajstić information content (AvgIpc) is 2.25. The van der Waals surface area contributed by atoms with Gasteiger partial charge in [-0.25, -0.2) is 0 Å². The van der Waals surface area contributed by atoms with Crippen LogP contribution < -0.4 is 4.74 Å². The summed E-state index contributed by atoms with van der Waals surface area (Å²) in [6.07, 6.45) is 1.60. The highest BCUT2D eigenvalue weighted by atomic mass is 16.5. The van der Waals surface area contributed by atoms with E-state index in [9.17, 15) is 4.79 Å². The van der Waals surface area contributed by atoms with Crippen LogP contribution in [-0.2, 0) is 11.2 Å². The van der Waals surface area contributed by atoms with Crippen LogP contribution in [0.2, 0.25) is 0 Å². The maximum atomic E-state index is 10.5. The van der Waals surface area contributed by atoms with Crippen molar-refractivity contribution in [3.05, 3.63) is 28.3 Å². The van der Waals surface area contributed by atoms with Crippen molar-refractivity contribution >= 4 is 5.97 Å². The van der Waals surface area contributed by atoms with Crippen LogP contribution in [0.1, 0.15) is 35.1 Å². The lowest BCUT2D eigenvalue weighted by Crippen LogP contribution is -2.02. The lowest BCUT2D eigenvalue weighted by atomic mass is 9.95. The molecule has 1 N–H and O–H groups in total. The lowest BCUT2D eigenvalue weighted by molar-refractivity contribution is -0.137. The van der Waals surface area contributed by atoms with E-state index in [0.29, 0.717) is 6.42 Å². The molecule has 0 atom stereocenters. The molecule has 3 heteroatoms. The number of carboxylic acids is 1. The molecule has 0 saturated carbocycles. The van der Waals surface area contributed by atoms with E-state index < -0.39 is 5.97 Å². The highest BCUT2D eigenvalue weighted by Gasteiger charge is 2.12. The lowest BCUT2D eigenvalue weighted by Gasteiger charge is -2.16. The summed E-state index contributed by atoms with van der Waals surface area (Å²) in [5.41, 5.74) is 4.66. The minimum absolute atomic E-state index is 0.204. The van der Waals surface area contributed by atoms with E-state index in [0.717, 1.165) is 23.3 Å². The van der Waals surface area contributed by atoms with Crippen LogP contribution in [-0.4, -0.2) is 18.2 Å². The van der Waals surface area contributed by atoms with Gasteiger partial charge in [-0.3, -0.25) is 4.79 Å². The second-order valence-corrected chi connectivity index (χ2v) is 4.39. The Morgan fingerprint density at radius 2 is 1.94 bits per heavy atom. The Morgan fingerprint density at radius 3 is 2.47 bits per heavy atom. The minimum atomic E-state index is -0.745. The van der Waals surface area contributed by atoms with Crippen LogP contribution in [0.5, 0.6) is 5.75 Å². The number of benzene rings is 1. The summed E-state index contributed by atoms with van der Waals surface area (Å²) in [6, 6.07) is 2.13. The first-order valence-electron chi connectivity index (χ1n) is 5.82. The molecular weight excluding hydrogens is 216 g/mol. The molecule has 0 bridgehead atoms. The van der Waals surface area contributed by atoms with E-state index in [-0.39, 0.29) is 6.42 Å². The molecule has 0 aliphatic rings. The van der Waals surface area contributed by atoms with Gasteiger partial charge in [-0.2, -0.15) is 0 Å². The first-order chi connectivity index (χ1) is 7.97. The smallest absolute Gasteiger partial charge is 0.303 e. The number of ether oxygens (including phenoxy) is 1. The van der Waals surface area contributed by atoms with Crippen LogP contribution in [0.4, 0.5) is 0 Å². The van der Waals surface area contributed by atoms with Crippen molar-refractivity contribution in [1.29, 1.82) is 0 Å². The molecule has 0 aliphatic heterocycles. The zero-order valence-corrected chi connectivity index (χ0v) is 11.0. The molecule has 0 fully saturated rings. The Morgan fingerprint density at radius 1 is 1.29 bits per heavy atom. The summed E-state index contributed by atoms with van der Waals surface area (Å²) in [4.78, 5) is 10.5. The Kier molecular flexibility index (Phi) is 4.55. The molecule has 1 rings (SSSR count). The third-order valence-corrected chi connectivity index (χ3v) is 3.14. The number of hydrogen-bond donors (Lipinski definition) is 1. The van der Waals surface area contributed by atoms with Crippen LogP contribution in [0.25, 0.3) is 0 Å². The van der Waals surface area contributed by atoms with Gasteiger partial charge in [0.05, 0.1) is 7.11 Å². The van der Waals surface area contributed by atoms with E-state index >= 15 is 0 Å². The molecule has 0 heterocycles. The third-order valence-electron chi connectivity index (χ3n) is 3.14. The van der Waals surface area contributed by atoms with Gasteiger partial charge < -0.3 is 9.84 Å². The third kappa shape index (κ3) is 3.22. The van der Waals surface area contributed by atoms with Crippen molar-refractivity contribution in [2.75, 3.05) is 7.11 Å². The molecule has 1 aromatic carbocycles. The van der Waals surface area contributed by atoms with Gasteiger partial charge in [-0.05, 0) is 55.9 Å². The largest absolute Gasteiger partial charge is 0.496 e. The molecule has 1 aromatic rings. The van der Waals surface area contributed by atoms with Crippen molar-refractivity contribution < 1.29 is 14.6 Å². The van der Waals surface area contributed by atoms with Crippen LogP contribution in [0.15, 0.2) is 6.07 Å². The summed E-state index contributed by atoms with van der Waals surface area (Å²) in [7, 11) is 1.67. The fraction of sp³-hybridized carbons (Fsp3) is 0.500. The van der Waals surface area contributed by atoms with Gasteiger partial charge in [-0.15, -0.1) is 0 Å². The van der Waals surface area contributed by atoms with Gasteiger partial charge in [-0.1, -0.05) is 6.07 Å². The SMILES string of the molecule is COc1c(C)c(C)cc(C)c1CCCC(=O)O. The van der Waals surface area contributed by atoms with Crippen molar-refractivity contribution in [1.82, 2.24) is 0 Å². The number of hydrogen-bond acceptors (Lipinski definition) is 2. The van der Waals surface area contributed by atoms with Crippen LogP contribution in [0, 0.1) is 20.8 Å². The zero-order valence-electron chi connectivity index (χ0n) is 11.0. The molecule has 94 valence electrons. The van der Waals surface area contributed by atoms with Crippen molar-refractivity contribution in [2.45, 2.75) is 40.0 Å². The maximum absolute atomic E-state index is 10.5. The quantitative estimate of drug-likeness (QED) is 0.854. The van der Waals surface area contributed by atoms with E-state index in [1.165, 1.54) is 11.1 Å². The minimum Gasteiger partial charge on any atom is -0.496 e. The predicted molar refractivity (Wildman–Crippen MR) is 67.8 cm³/mol. The highest BCUT2D eigenvalue weighted by Crippen LogP contribution is 2.30. The van der Waals surface area contributed by atoms with Crippen LogP contribution >= 0.6 is 0 Å². The predicted octanol–water partition coefficient (Wildman–Crippen LogP) is 3.03. The zero-order chi connectivity index (χ0) is 13.0. The number of methoxy groups -OCH3 is 1. The van der Waals surface area contributed by atoms with Gasteiger partial charge in [0.15, 0.2) is 0 Å². The normalized spacial score (nSPS) is 10.4.